The molecular weight excluding hydrogens is 370 g/mol. The monoisotopic (exact) mass is 399 g/mol. The van der Waals surface area contributed by atoms with Crippen molar-refractivity contribution in [3.8, 4) is 0 Å². The highest BCUT2D eigenvalue weighted by Gasteiger charge is 2.36. The van der Waals surface area contributed by atoms with Crippen LogP contribution in [-0.4, -0.2) is 36.0 Å². The average Bonchev–Trinajstić information content (AvgIpc) is 2.49. The Morgan fingerprint density at radius 3 is 2.19 bits per heavy atom. The van der Waals surface area contributed by atoms with E-state index in [9.17, 15) is 13.2 Å². The van der Waals surface area contributed by atoms with Crippen LogP contribution in [0.2, 0.25) is 18.1 Å². The van der Waals surface area contributed by atoms with Crippen molar-refractivity contribution in [2.45, 2.75) is 50.7 Å². The van der Waals surface area contributed by atoms with Crippen LogP contribution in [0, 0.1) is 6.92 Å². The van der Waals surface area contributed by atoms with Crippen LogP contribution in [0.25, 0.3) is 0 Å². The third-order valence-electron chi connectivity index (χ3n) is 4.37. The zero-order valence-electron chi connectivity index (χ0n) is 16.3. The van der Waals surface area contributed by atoms with E-state index in [0.717, 1.165) is 5.56 Å². The van der Waals surface area contributed by atoms with Gasteiger partial charge in [-0.05, 0) is 43.3 Å². The summed E-state index contributed by atoms with van der Waals surface area (Å²) in [5.74, 6) is 0. The molecule has 0 aliphatic carbocycles. The predicted octanol–water partition coefficient (Wildman–Crippen LogP) is 3.99. The molecule has 26 heavy (non-hydrogen) atoms. The summed E-state index contributed by atoms with van der Waals surface area (Å²) in [6.45, 7) is 13.0. The van der Waals surface area contributed by atoms with Crippen molar-refractivity contribution in [1.82, 2.24) is 4.72 Å². The van der Waals surface area contributed by atoms with E-state index in [1.54, 1.807) is 24.3 Å². The number of hydrogen-bond donors (Lipinski definition) is 1. The molecule has 0 atom stereocenters. The van der Waals surface area contributed by atoms with Crippen LogP contribution in [-0.2, 0) is 19.2 Å². The number of sulfonamides is 1. The normalized spacial score (nSPS) is 13.0. The maximum absolute atomic E-state index is 12.0. The lowest BCUT2D eigenvalue weighted by Crippen LogP contribution is -2.40. The minimum Gasteiger partial charge on any atom is -0.445 e. The summed E-state index contributed by atoms with van der Waals surface area (Å²) >= 11 is 0. The highest BCUT2D eigenvalue weighted by Crippen LogP contribution is 2.36. The lowest BCUT2D eigenvalue weighted by Gasteiger charge is -2.35. The van der Waals surface area contributed by atoms with Crippen LogP contribution in [0.5, 0.6) is 0 Å². The van der Waals surface area contributed by atoms with E-state index in [-0.39, 0.29) is 16.5 Å². The Balaban J connectivity index is 2.42. The summed E-state index contributed by atoms with van der Waals surface area (Å²) in [5.41, 5.74) is 0.927. The lowest BCUT2D eigenvalue weighted by molar-refractivity contribution is 0.164. The smallest absolute Gasteiger partial charge is 0.421 e. The molecule has 1 rings (SSSR count). The molecular formula is C18H29NO5SSi. The number of carbonyl (C=O) groups is 1. The molecule has 0 bridgehead atoms. The number of ether oxygens (including phenoxy) is 1. The van der Waals surface area contributed by atoms with E-state index in [2.05, 4.69) is 33.9 Å². The molecule has 0 heterocycles. The van der Waals surface area contributed by atoms with Gasteiger partial charge in [-0.3, -0.25) is 0 Å². The summed E-state index contributed by atoms with van der Waals surface area (Å²) in [6, 6.07) is 6.18. The second-order valence-electron chi connectivity index (χ2n) is 7.56. The zero-order chi connectivity index (χ0) is 20.0. The second kappa shape index (κ2) is 8.83. The van der Waals surface area contributed by atoms with Crippen LogP contribution < -0.4 is 4.72 Å². The first-order valence-electron chi connectivity index (χ1n) is 8.40. The van der Waals surface area contributed by atoms with Gasteiger partial charge in [-0.2, -0.15) is 0 Å². The Bertz CT molecular complexity index is 734. The van der Waals surface area contributed by atoms with Crippen molar-refractivity contribution in [2.24, 2.45) is 0 Å². The van der Waals surface area contributed by atoms with Crippen molar-refractivity contribution < 1.29 is 22.4 Å². The van der Waals surface area contributed by atoms with Gasteiger partial charge in [-0.15, -0.1) is 0 Å². The lowest BCUT2D eigenvalue weighted by atomic mass is 10.2. The average molecular weight is 400 g/mol. The third kappa shape index (κ3) is 6.93. The quantitative estimate of drug-likeness (QED) is 0.554. The number of rotatable bonds is 7. The summed E-state index contributed by atoms with van der Waals surface area (Å²) in [7, 11) is -5.74. The van der Waals surface area contributed by atoms with E-state index in [4.69, 9.17) is 9.16 Å². The second-order valence-corrected chi connectivity index (χ2v) is 14.1. The molecule has 1 amide bonds. The fourth-order valence-electron chi connectivity index (χ4n) is 1.65. The Kier molecular flexibility index (Phi) is 7.61. The van der Waals surface area contributed by atoms with Gasteiger partial charge in [0.05, 0.1) is 11.5 Å². The Labute approximate surface area is 157 Å². The minimum atomic E-state index is -3.93. The number of amides is 1. The van der Waals surface area contributed by atoms with Crippen LogP contribution >= 0.6 is 0 Å². The standard InChI is InChI=1S/C18H29NO5SSi/c1-15-9-11-16(12-10-15)25(21,22)19-17(20)23-13-7-8-14-24-26(5,6)18(2,3)4/h7-12H,13-14H2,1-6H3,(H,19,20)/b8-7+. The molecule has 0 aliphatic heterocycles. The number of benzene rings is 1. The van der Waals surface area contributed by atoms with Gasteiger partial charge in [-0.1, -0.05) is 44.5 Å². The van der Waals surface area contributed by atoms with Gasteiger partial charge in [0.1, 0.15) is 6.61 Å². The molecule has 0 saturated carbocycles. The number of aryl methyl sites for hydroxylation is 1. The van der Waals surface area contributed by atoms with Crippen LogP contribution in [0.3, 0.4) is 0 Å². The first-order valence-corrected chi connectivity index (χ1v) is 12.8. The van der Waals surface area contributed by atoms with Gasteiger partial charge in [0.15, 0.2) is 8.32 Å². The molecule has 1 aromatic carbocycles. The topological polar surface area (TPSA) is 81.7 Å². The van der Waals surface area contributed by atoms with Crippen LogP contribution in [0.15, 0.2) is 41.3 Å². The van der Waals surface area contributed by atoms with E-state index in [1.165, 1.54) is 12.1 Å². The highest BCUT2D eigenvalue weighted by molar-refractivity contribution is 7.90. The molecule has 6 nitrogen and oxygen atoms in total. The van der Waals surface area contributed by atoms with Crippen LogP contribution in [0.4, 0.5) is 4.79 Å². The van der Waals surface area contributed by atoms with Crippen molar-refractivity contribution in [1.29, 1.82) is 0 Å². The molecule has 8 heteroatoms. The summed E-state index contributed by atoms with van der Waals surface area (Å²) < 4.78 is 36.8. The van der Waals surface area contributed by atoms with Gasteiger partial charge in [-0.25, -0.2) is 17.9 Å². The number of nitrogens with one attached hydrogen (secondary N) is 1. The van der Waals surface area contributed by atoms with Gasteiger partial charge in [0, 0.05) is 0 Å². The number of carbonyl (C=O) groups excluding carboxylic acids is 1. The molecule has 0 unspecified atom stereocenters. The van der Waals surface area contributed by atoms with E-state index in [0.29, 0.717) is 6.61 Å². The largest absolute Gasteiger partial charge is 0.445 e. The molecule has 0 fully saturated rings. The summed E-state index contributed by atoms with van der Waals surface area (Å²) in [5, 5.41) is 0.127. The maximum atomic E-state index is 12.0. The van der Waals surface area contributed by atoms with Gasteiger partial charge < -0.3 is 9.16 Å². The minimum absolute atomic E-state index is 0.0124. The molecule has 0 aliphatic rings. The Morgan fingerprint density at radius 1 is 1.12 bits per heavy atom. The third-order valence-corrected chi connectivity index (χ3v) is 10.2. The molecule has 0 aromatic heterocycles. The number of hydrogen-bond acceptors (Lipinski definition) is 5. The summed E-state index contributed by atoms with van der Waals surface area (Å²) in [4.78, 5) is 11.7. The maximum Gasteiger partial charge on any atom is 0.421 e. The predicted molar refractivity (Wildman–Crippen MR) is 105 cm³/mol. The molecule has 146 valence electrons. The van der Waals surface area contributed by atoms with Gasteiger partial charge in [0.25, 0.3) is 10.0 Å². The Hall–Kier alpha value is -1.64. The Morgan fingerprint density at radius 2 is 1.65 bits per heavy atom. The first-order chi connectivity index (χ1) is 11.8. The molecule has 1 aromatic rings. The molecule has 0 saturated heterocycles. The highest BCUT2D eigenvalue weighted by atomic mass is 32.2. The molecule has 1 N–H and O–H groups in total. The van der Waals surface area contributed by atoms with Crippen molar-refractivity contribution in [2.75, 3.05) is 13.2 Å². The molecule has 0 spiro atoms. The summed E-state index contributed by atoms with van der Waals surface area (Å²) in [6.07, 6.45) is 2.38. The first kappa shape index (κ1) is 22.4. The fraction of sp³-hybridized carbons (Fsp3) is 0.500. The van der Waals surface area contributed by atoms with E-state index >= 15 is 0 Å². The van der Waals surface area contributed by atoms with Gasteiger partial charge >= 0.3 is 6.09 Å². The SMILES string of the molecule is Cc1ccc(S(=O)(=O)NC(=O)OC/C=C/CO[Si](C)(C)C(C)(C)C)cc1. The van der Waals surface area contributed by atoms with Crippen LogP contribution in [0.1, 0.15) is 26.3 Å². The zero-order valence-corrected chi connectivity index (χ0v) is 18.1. The van der Waals surface area contributed by atoms with Crippen molar-refractivity contribution in [3.05, 3.63) is 42.0 Å². The van der Waals surface area contributed by atoms with E-state index in [1.807, 2.05) is 11.6 Å². The fourth-order valence-corrected chi connectivity index (χ4v) is 3.48. The van der Waals surface area contributed by atoms with Crippen molar-refractivity contribution >= 4 is 24.4 Å². The van der Waals surface area contributed by atoms with E-state index < -0.39 is 24.4 Å². The molecule has 0 radical (unpaired) electrons. The van der Waals surface area contributed by atoms with Crippen molar-refractivity contribution in [3.63, 3.8) is 0 Å². The van der Waals surface area contributed by atoms with Gasteiger partial charge in [0.2, 0.25) is 0 Å².